The molecule has 4 rings (SSSR count). The number of carbonyl (C=O) groups is 2. The van der Waals surface area contributed by atoms with Gasteiger partial charge in [-0.25, -0.2) is 4.98 Å². The first kappa shape index (κ1) is 15.8. The number of imidazole rings is 1. The summed E-state index contributed by atoms with van der Waals surface area (Å²) in [5, 5.41) is 5.74. The van der Waals surface area contributed by atoms with Gasteiger partial charge >= 0.3 is 0 Å². The minimum absolute atomic E-state index is 0.00289. The molecule has 2 N–H and O–H groups in total. The number of benzene rings is 1. The number of fused-ring (bicyclic) bond motifs is 2. The van der Waals surface area contributed by atoms with Crippen LogP contribution in [-0.4, -0.2) is 21.2 Å². The second kappa shape index (κ2) is 6.00. The lowest BCUT2D eigenvalue weighted by Gasteiger charge is -2.08. The number of aromatic nitrogens is 2. The zero-order chi connectivity index (χ0) is 17.6. The molecule has 1 aromatic carbocycles. The SMILES string of the molecule is Cc1nc2ccc(Br)cn2c1C(=O)NCc1ccc2c(c1)CC(=O)N2. The van der Waals surface area contributed by atoms with E-state index in [1.165, 1.54) is 0 Å². The molecule has 0 atom stereocenters. The number of amides is 2. The molecule has 0 spiro atoms. The summed E-state index contributed by atoms with van der Waals surface area (Å²) in [5.41, 5.74) is 4.70. The van der Waals surface area contributed by atoms with E-state index in [0.717, 1.165) is 26.9 Å². The molecule has 2 amide bonds. The van der Waals surface area contributed by atoms with Gasteiger partial charge in [0.1, 0.15) is 11.3 Å². The first-order valence-electron chi connectivity index (χ1n) is 7.85. The number of hydrogen-bond donors (Lipinski definition) is 2. The Morgan fingerprint density at radius 2 is 2.20 bits per heavy atom. The van der Waals surface area contributed by atoms with Gasteiger partial charge in [-0.1, -0.05) is 12.1 Å². The smallest absolute Gasteiger partial charge is 0.270 e. The molecule has 7 heteroatoms. The Balaban J connectivity index is 1.55. The number of halogens is 1. The number of nitrogens with one attached hydrogen (secondary N) is 2. The zero-order valence-corrected chi connectivity index (χ0v) is 15.1. The molecule has 0 aliphatic carbocycles. The van der Waals surface area contributed by atoms with E-state index in [4.69, 9.17) is 0 Å². The van der Waals surface area contributed by atoms with Crippen LogP contribution in [0, 0.1) is 6.92 Å². The molecule has 25 heavy (non-hydrogen) atoms. The summed E-state index contributed by atoms with van der Waals surface area (Å²) in [6.07, 6.45) is 2.22. The second-order valence-electron chi connectivity index (χ2n) is 6.02. The van der Waals surface area contributed by atoms with E-state index in [1.807, 2.05) is 43.5 Å². The van der Waals surface area contributed by atoms with Crippen molar-refractivity contribution in [3.63, 3.8) is 0 Å². The Kier molecular flexibility index (Phi) is 3.80. The molecule has 3 aromatic rings. The summed E-state index contributed by atoms with van der Waals surface area (Å²) in [7, 11) is 0. The lowest BCUT2D eigenvalue weighted by Crippen LogP contribution is -2.25. The van der Waals surface area contributed by atoms with E-state index >= 15 is 0 Å². The Bertz CT molecular complexity index is 1030. The predicted octanol–water partition coefficient (Wildman–Crippen LogP) is 2.83. The maximum absolute atomic E-state index is 12.7. The molecule has 0 radical (unpaired) electrons. The molecule has 3 heterocycles. The molecule has 2 aromatic heterocycles. The summed E-state index contributed by atoms with van der Waals surface area (Å²) < 4.78 is 2.65. The van der Waals surface area contributed by atoms with Crippen LogP contribution in [0.5, 0.6) is 0 Å². The fraction of sp³-hybridized carbons (Fsp3) is 0.167. The Hall–Kier alpha value is -2.67. The summed E-state index contributed by atoms with van der Waals surface area (Å²) >= 11 is 3.42. The highest BCUT2D eigenvalue weighted by Crippen LogP contribution is 2.24. The van der Waals surface area contributed by atoms with Crippen LogP contribution >= 0.6 is 15.9 Å². The molecule has 0 saturated heterocycles. The fourth-order valence-corrected chi connectivity index (χ4v) is 3.41. The molecule has 0 fully saturated rings. The monoisotopic (exact) mass is 398 g/mol. The summed E-state index contributed by atoms with van der Waals surface area (Å²) in [6, 6.07) is 9.48. The standard InChI is InChI=1S/C18H15BrN4O2/c1-10-17(23-9-13(19)3-5-15(23)21-10)18(25)20-8-11-2-4-14-12(6-11)7-16(24)22-14/h2-6,9H,7-8H2,1H3,(H,20,25)(H,22,24). The number of hydrogen-bond acceptors (Lipinski definition) is 3. The van der Waals surface area contributed by atoms with E-state index in [1.54, 1.807) is 4.40 Å². The van der Waals surface area contributed by atoms with E-state index in [2.05, 4.69) is 31.5 Å². The molecule has 0 bridgehead atoms. The van der Waals surface area contributed by atoms with Crippen molar-refractivity contribution in [3.8, 4) is 0 Å². The van der Waals surface area contributed by atoms with Crippen LogP contribution in [0.25, 0.3) is 5.65 Å². The van der Waals surface area contributed by atoms with Gasteiger partial charge in [-0.3, -0.25) is 14.0 Å². The average molecular weight is 399 g/mol. The molecule has 126 valence electrons. The number of anilines is 1. The third-order valence-corrected chi connectivity index (χ3v) is 4.69. The van der Waals surface area contributed by atoms with E-state index in [9.17, 15) is 9.59 Å². The molecule has 0 unspecified atom stereocenters. The van der Waals surface area contributed by atoms with Gasteiger partial charge in [0.05, 0.1) is 12.1 Å². The summed E-state index contributed by atoms with van der Waals surface area (Å²) in [4.78, 5) is 28.5. The normalized spacial score (nSPS) is 13.0. The van der Waals surface area contributed by atoms with Crippen molar-refractivity contribution in [2.75, 3.05) is 5.32 Å². The Labute approximate surface area is 152 Å². The van der Waals surface area contributed by atoms with Crippen LogP contribution in [0.4, 0.5) is 5.69 Å². The van der Waals surface area contributed by atoms with Gasteiger partial charge in [0, 0.05) is 22.9 Å². The molecule has 6 nitrogen and oxygen atoms in total. The van der Waals surface area contributed by atoms with Crippen molar-refractivity contribution in [2.45, 2.75) is 19.9 Å². The average Bonchev–Trinajstić information content (AvgIpc) is 3.09. The highest BCUT2D eigenvalue weighted by atomic mass is 79.9. The van der Waals surface area contributed by atoms with Gasteiger partial charge < -0.3 is 10.6 Å². The number of carbonyl (C=O) groups excluding carboxylic acids is 2. The maximum Gasteiger partial charge on any atom is 0.270 e. The minimum atomic E-state index is -0.183. The Morgan fingerprint density at radius 1 is 1.36 bits per heavy atom. The minimum Gasteiger partial charge on any atom is -0.347 e. The van der Waals surface area contributed by atoms with Crippen LogP contribution in [0.2, 0.25) is 0 Å². The number of pyridine rings is 1. The van der Waals surface area contributed by atoms with Crippen molar-refractivity contribution in [1.82, 2.24) is 14.7 Å². The Morgan fingerprint density at radius 3 is 3.04 bits per heavy atom. The molecular weight excluding hydrogens is 384 g/mol. The van der Waals surface area contributed by atoms with Crippen LogP contribution in [0.1, 0.15) is 27.3 Å². The van der Waals surface area contributed by atoms with Crippen LogP contribution in [0.15, 0.2) is 41.0 Å². The van der Waals surface area contributed by atoms with Crippen molar-refractivity contribution < 1.29 is 9.59 Å². The van der Waals surface area contributed by atoms with Crippen LogP contribution in [-0.2, 0) is 17.8 Å². The number of rotatable bonds is 3. The van der Waals surface area contributed by atoms with Gasteiger partial charge in [0.15, 0.2) is 0 Å². The third kappa shape index (κ3) is 2.91. The van der Waals surface area contributed by atoms with E-state index in [-0.39, 0.29) is 11.8 Å². The van der Waals surface area contributed by atoms with E-state index in [0.29, 0.717) is 24.4 Å². The molecule has 1 aliphatic rings. The van der Waals surface area contributed by atoms with Crippen molar-refractivity contribution in [3.05, 3.63) is 63.5 Å². The zero-order valence-electron chi connectivity index (χ0n) is 13.5. The largest absolute Gasteiger partial charge is 0.347 e. The van der Waals surface area contributed by atoms with Gasteiger partial charge in [-0.2, -0.15) is 0 Å². The van der Waals surface area contributed by atoms with Gasteiger partial charge in [-0.15, -0.1) is 0 Å². The van der Waals surface area contributed by atoms with Gasteiger partial charge in [0.25, 0.3) is 5.91 Å². The summed E-state index contributed by atoms with van der Waals surface area (Å²) in [6.45, 7) is 2.21. The van der Waals surface area contributed by atoms with Crippen molar-refractivity contribution >= 4 is 39.1 Å². The number of aryl methyl sites for hydroxylation is 1. The quantitative estimate of drug-likeness (QED) is 0.711. The molecular formula is C18H15BrN4O2. The molecule has 1 aliphatic heterocycles. The van der Waals surface area contributed by atoms with Crippen molar-refractivity contribution in [2.24, 2.45) is 0 Å². The third-order valence-electron chi connectivity index (χ3n) is 4.22. The van der Waals surface area contributed by atoms with Crippen LogP contribution in [0.3, 0.4) is 0 Å². The lowest BCUT2D eigenvalue weighted by atomic mass is 10.1. The van der Waals surface area contributed by atoms with Crippen LogP contribution < -0.4 is 10.6 Å². The second-order valence-corrected chi connectivity index (χ2v) is 6.94. The maximum atomic E-state index is 12.7. The van der Waals surface area contributed by atoms with Gasteiger partial charge in [0.2, 0.25) is 5.91 Å². The highest BCUT2D eigenvalue weighted by Gasteiger charge is 2.19. The summed E-state index contributed by atoms with van der Waals surface area (Å²) in [5.74, 6) is -0.180. The van der Waals surface area contributed by atoms with Crippen molar-refractivity contribution in [1.29, 1.82) is 0 Å². The lowest BCUT2D eigenvalue weighted by molar-refractivity contribution is -0.115. The first-order valence-corrected chi connectivity index (χ1v) is 8.64. The van der Waals surface area contributed by atoms with E-state index < -0.39 is 0 Å². The topological polar surface area (TPSA) is 75.5 Å². The highest BCUT2D eigenvalue weighted by molar-refractivity contribution is 9.10. The number of nitrogens with zero attached hydrogens (tertiary/aromatic N) is 2. The van der Waals surface area contributed by atoms with Gasteiger partial charge in [-0.05, 0) is 52.2 Å². The molecule has 0 saturated carbocycles. The fourth-order valence-electron chi connectivity index (χ4n) is 3.07. The first-order chi connectivity index (χ1) is 12.0. The predicted molar refractivity (Wildman–Crippen MR) is 97.6 cm³/mol.